The Morgan fingerprint density at radius 2 is 1.95 bits per heavy atom. The number of aryl methyl sites for hydroxylation is 2. The molecule has 0 aliphatic carbocycles. The Hall–Kier alpha value is -0.890. The molecule has 1 aromatic heterocycles. The summed E-state index contributed by atoms with van der Waals surface area (Å²) < 4.78 is 28.2. The lowest BCUT2D eigenvalue weighted by Crippen LogP contribution is -2.27. The van der Waals surface area contributed by atoms with Gasteiger partial charge >= 0.3 is 0 Å². The lowest BCUT2D eigenvalue weighted by molar-refractivity contribution is 0.567. The molecular formula is C14H17BrN2O2S2. The fraction of sp³-hybridized carbons (Fsp3) is 0.286. The number of sulfonamides is 1. The summed E-state index contributed by atoms with van der Waals surface area (Å²) in [4.78, 5) is 2.46. The molecule has 0 aliphatic heterocycles. The molecule has 2 rings (SSSR count). The van der Waals surface area contributed by atoms with Gasteiger partial charge in [0.1, 0.15) is 0 Å². The average Bonchev–Trinajstić information content (AvgIpc) is 2.71. The van der Waals surface area contributed by atoms with Gasteiger partial charge in [-0.15, -0.1) is 11.3 Å². The smallest absolute Gasteiger partial charge is 0.241 e. The molecule has 1 unspecified atom stereocenters. The number of thiophene rings is 1. The fourth-order valence-corrected chi connectivity index (χ4v) is 4.66. The molecule has 0 saturated heterocycles. The molecule has 3 N–H and O–H groups in total. The van der Waals surface area contributed by atoms with E-state index >= 15 is 0 Å². The van der Waals surface area contributed by atoms with E-state index < -0.39 is 10.0 Å². The quantitative estimate of drug-likeness (QED) is 0.783. The summed E-state index contributed by atoms with van der Waals surface area (Å²) in [6, 6.07) is 6.34. The van der Waals surface area contributed by atoms with Crippen molar-refractivity contribution in [2.75, 3.05) is 5.73 Å². The minimum absolute atomic E-state index is 0.166. The maximum Gasteiger partial charge on any atom is 0.241 e. The van der Waals surface area contributed by atoms with Gasteiger partial charge in [-0.1, -0.05) is 0 Å². The fourth-order valence-electron chi connectivity index (χ4n) is 2.13. The van der Waals surface area contributed by atoms with E-state index in [2.05, 4.69) is 20.7 Å². The van der Waals surface area contributed by atoms with Crippen molar-refractivity contribution in [2.45, 2.75) is 31.7 Å². The monoisotopic (exact) mass is 388 g/mol. The first-order chi connectivity index (χ1) is 9.70. The van der Waals surface area contributed by atoms with Crippen molar-refractivity contribution in [3.05, 3.63) is 44.1 Å². The number of hydrogen-bond acceptors (Lipinski definition) is 4. The van der Waals surface area contributed by atoms with Gasteiger partial charge in [0.2, 0.25) is 10.0 Å². The lowest BCUT2D eigenvalue weighted by Gasteiger charge is -2.15. The summed E-state index contributed by atoms with van der Waals surface area (Å²) in [5, 5.41) is 0. The Balaban J connectivity index is 2.28. The van der Waals surface area contributed by atoms with Gasteiger partial charge in [0, 0.05) is 26.0 Å². The van der Waals surface area contributed by atoms with E-state index in [-0.39, 0.29) is 10.9 Å². The molecule has 114 valence electrons. The van der Waals surface area contributed by atoms with E-state index in [1.807, 2.05) is 26.8 Å². The molecule has 0 radical (unpaired) electrons. The van der Waals surface area contributed by atoms with Crippen LogP contribution in [0.5, 0.6) is 0 Å². The van der Waals surface area contributed by atoms with Gasteiger partial charge in [-0.25, -0.2) is 13.1 Å². The highest BCUT2D eigenvalue weighted by atomic mass is 79.9. The van der Waals surface area contributed by atoms with Crippen LogP contribution in [0, 0.1) is 13.8 Å². The second-order valence-corrected chi connectivity index (χ2v) is 8.92. The topological polar surface area (TPSA) is 72.2 Å². The highest BCUT2D eigenvalue weighted by Gasteiger charge is 2.21. The largest absolute Gasteiger partial charge is 0.398 e. The van der Waals surface area contributed by atoms with Gasteiger partial charge in [0.05, 0.1) is 4.90 Å². The molecule has 0 amide bonds. The molecular weight excluding hydrogens is 372 g/mol. The summed E-state index contributed by atoms with van der Waals surface area (Å²) in [6.45, 7) is 5.85. The highest BCUT2D eigenvalue weighted by molar-refractivity contribution is 9.10. The van der Waals surface area contributed by atoms with Gasteiger partial charge in [0.15, 0.2) is 0 Å². The summed E-state index contributed by atoms with van der Waals surface area (Å²) in [5.41, 5.74) is 7.15. The van der Waals surface area contributed by atoms with Crippen LogP contribution in [-0.2, 0) is 10.0 Å². The number of nitrogens with two attached hydrogens (primary N) is 1. The van der Waals surface area contributed by atoms with Crippen molar-refractivity contribution >= 4 is 43.0 Å². The molecule has 2 aromatic rings. The summed E-state index contributed by atoms with van der Waals surface area (Å²) in [7, 11) is -3.60. The Kier molecular flexibility index (Phi) is 4.77. The summed E-state index contributed by atoms with van der Waals surface area (Å²) in [6.07, 6.45) is 0. The maximum atomic E-state index is 12.4. The average molecular weight is 389 g/mol. The number of nitrogens with one attached hydrogen (secondary N) is 1. The van der Waals surface area contributed by atoms with Crippen LogP contribution in [0.2, 0.25) is 0 Å². The molecule has 1 heterocycles. The molecule has 0 spiro atoms. The second-order valence-electron chi connectivity index (χ2n) is 4.89. The zero-order chi connectivity index (χ0) is 15.8. The van der Waals surface area contributed by atoms with Crippen molar-refractivity contribution in [1.29, 1.82) is 0 Å². The van der Waals surface area contributed by atoms with E-state index in [4.69, 9.17) is 5.73 Å². The third kappa shape index (κ3) is 3.66. The number of halogens is 1. The van der Waals surface area contributed by atoms with Crippen LogP contribution >= 0.6 is 27.3 Å². The molecule has 0 bridgehead atoms. The molecule has 4 nitrogen and oxygen atoms in total. The minimum atomic E-state index is -3.60. The molecule has 1 aromatic carbocycles. The van der Waals surface area contributed by atoms with Crippen LogP contribution in [0.15, 0.2) is 33.6 Å². The molecule has 1 atom stereocenters. The third-order valence-corrected chi connectivity index (χ3v) is 6.40. The summed E-state index contributed by atoms with van der Waals surface area (Å²) in [5.74, 6) is 0. The van der Waals surface area contributed by atoms with Gasteiger partial charge < -0.3 is 5.73 Å². The predicted octanol–water partition coefficient (Wildman–Crippen LogP) is 3.75. The number of rotatable bonds is 4. The van der Waals surface area contributed by atoms with E-state index in [1.54, 1.807) is 17.4 Å². The Morgan fingerprint density at radius 3 is 2.48 bits per heavy atom. The van der Waals surface area contributed by atoms with Gasteiger partial charge in [-0.3, -0.25) is 0 Å². The Labute approximate surface area is 137 Å². The minimum Gasteiger partial charge on any atom is -0.398 e. The van der Waals surface area contributed by atoms with Crippen molar-refractivity contribution in [3.63, 3.8) is 0 Å². The first-order valence-corrected chi connectivity index (χ1v) is 9.44. The van der Waals surface area contributed by atoms with E-state index in [9.17, 15) is 8.42 Å². The molecule has 7 heteroatoms. The number of nitrogen functional groups attached to an aromatic ring is 1. The van der Waals surface area contributed by atoms with Crippen LogP contribution in [0.4, 0.5) is 5.69 Å². The highest BCUT2D eigenvalue weighted by Crippen LogP contribution is 2.28. The van der Waals surface area contributed by atoms with Crippen LogP contribution < -0.4 is 10.5 Å². The molecule has 0 aliphatic rings. The molecule has 0 saturated carbocycles. The van der Waals surface area contributed by atoms with Gasteiger partial charge in [0.25, 0.3) is 0 Å². The van der Waals surface area contributed by atoms with Crippen LogP contribution in [-0.4, -0.2) is 8.42 Å². The molecule has 21 heavy (non-hydrogen) atoms. The van der Waals surface area contributed by atoms with Gasteiger partial charge in [-0.05, 0) is 66.5 Å². The zero-order valence-electron chi connectivity index (χ0n) is 12.0. The molecule has 0 fully saturated rings. The van der Waals surface area contributed by atoms with Gasteiger partial charge in [-0.2, -0.15) is 0 Å². The maximum absolute atomic E-state index is 12.4. The van der Waals surface area contributed by atoms with Crippen LogP contribution in [0.1, 0.15) is 28.3 Å². The normalized spacial score (nSPS) is 13.3. The first-order valence-electron chi connectivity index (χ1n) is 6.35. The predicted molar refractivity (Wildman–Crippen MR) is 91.1 cm³/mol. The third-order valence-electron chi connectivity index (χ3n) is 3.16. The Bertz CT molecular complexity index is 769. The number of benzene rings is 1. The SMILES string of the molecule is Cc1cc(C(C)NS(=O)(=O)c2ccc(Br)c(N)c2)c(C)s1. The zero-order valence-corrected chi connectivity index (χ0v) is 15.2. The Morgan fingerprint density at radius 1 is 1.29 bits per heavy atom. The van der Waals surface area contributed by atoms with E-state index in [0.717, 1.165) is 10.4 Å². The van der Waals surface area contributed by atoms with Crippen molar-refractivity contribution in [2.24, 2.45) is 0 Å². The van der Waals surface area contributed by atoms with Crippen molar-refractivity contribution in [3.8, 4) is 0 Å². The number of hydrogen-bond donors (Lipinski definition) is 2. The second kappa shape index (κ2) is 6.08. The van der Waals surface area contributed by atoms with Crippen molar-refractivity contribution in [1.82, 2.24) is 4.72 Å². The van der Waals surface area contributed by atoms with Crippen LogP contribution in [0.25, 0.3) is 0 Å². The standard InChI is InChI=1S/C14H17BrN2O2S2/c1-8-6-12(10(3)20-8)9(2)17-21(18,19)11-4-5-13(15)14(16)7-11/h4-7,9,17H,16H2,1-3H3. The first kappa shape index (κ1) is 16.5. The number of anilines is 1. The van der Waals surface area contributed by atoms with E-state index in [1.165, 1.54) is 17.0 Å². The lowest BCUT2D eigenvalue weighted by atomic mass is 10.1. The summed E-state index contributed by atoms with van der Waals surface area (Å²) >= 11 is 4.92. The van der Waals surface area contributed by atoms with Crippen molar-refractivity contribution < 1.29 is 8.42 Å². The van der Waals surface area contributed by atoms with E-state index in [0.29, 0.717) is 10.2 Å². The van der Waals surface area contributed by atoms with Crippen LogP contribution in [0.3, 0.4) is 0 Å².